The number of thioether (sulfide) groups is 1. The molecule has 1 heterocycles. The molecule has 9 heteroatoms. The van der Waals surface area contributed by atoms with Gasteiger partial charge in [-0.2, -0.15) is 0 Å². The maximum Gasteiger partial charge on any atom is 0.258 e. The smallest absolute Gasteiger partial charge is 0.258 e. The SMILES string of the molecule is Cc1cccc(C)c1NC(=O)CSc1nnc(CNC(=O)COc2ccc(C(C)C)cc2)n1C. The predicted molar refractivity (Wildman–Crippen MR) is 134 cm³/mol. The maximum atomic E-state index is 12.4. The minimum atomic E-state index is -0.252. The summed E-state index contributed by atoms with van der Waals surface area (Å²) in [5.74, 6) is 1.52. The van der Waals surface area contributed by atoms with Crippen LogP contribution in [0.4, 0.5) is 5.69 Å². The number of hydrogen-bond acceptors (Lipinski definition) is 6. The van der Waals surface area contributed by atoms with Gasteiger partial charge >= 0.3 is 0 Å². The van der Waals surface area contributed by atoms with Gasteiger partial charge in [0.25, 0.3) is 5.91 Å². The van der Waals surface area contributed by atoms with E-state index in [0.29, 0.717) is 22.6 Å². The van der Waals surface area contributed by atoms with Gasteiger partial charge in [0.1, 0.15) is 5.75 Å². The molecular formula is C25H31N5O3S. The molecule has 0 aliphatic rings. The summed E-state index contributed by atoms with van der Waals surface area (Å²) in [6.45, 7) is 8.31. The summed E-state index contributed by atoms with van der Waals surface area (Å²) in [6.07, 6.45) is 0. The number of ether oxygens (including phenoxy) is 1. The first-order valence-corrected chi connectivity index (χ1v) is 12.1. The van der Waals surface area contributed by atoms with Gasteiger partial charge in [0.05, 0.1) is 12.3 Å². The fourth-order valence-electron chi connectivity index (χ4n) is 3.27. The summed E-state index contributed by atoms with van der Waals surface area (Å²) >= 11 is 1.29. The number of amides is 2. The fourth-order valence-corrected chi connectivity index (χ4v) is 4.00. The minimum absolute atomic E-state index is 0.0844. The van der Waals surface area contributed by atoms with E-state index in [0.717, 1.165) is 16.8 Å². The van der Waals surface area contributed by atoms with Gasteiger partial charge in [-0.05, 0) is 48.6 Å². The summed E-state index contributed by atoms with van der Waals surface area (Å²) in [7, 11) is 1.81. The Balaban J connectivity index is 1.44. The average molecular weight is 482 g/mol. The number of benzene rings is 2. The van der Waals surface area contributed by atoms with Gasteiger partial charge in [-0.3, -0.25) is 9.59 Å². The predicted octanol–water partition coefficient (Wildman–Crippen LogP) is 3.98. The number of hydrogen-bond donors (Lipinski definition) is 2. The van der Waals surface area contributed by atoms with Crippen LogP contribution in [0, 0.1) is 13.8 Å². The number of aryl methyl sites for hydroxylation is 2. The highest BCUT2D eigenvalue weighted by molar-refractivity contribution is 7.99. The lowest BCUT2D eigenvalue weighted by atomic mass is 10.0. The molecule has 180 valence electrons. The lowest BCUT2D eigenvalue weighted by Gasteiger charge is -2.11. The normalized spacial score (nSPS) is 10.9. The van der Waals surface area contributed by atoms with Crippen LogP contribution in [-0.2, 0) is 23.2 Å². The van der Waals surface area contributed by atoms with Crippen LogP contribution >= 0.6 is 11.8 Å². The second-order valence-corrected chi connectivity index (χ2v) is 9.29. The largest absolute Gasteiger partial charge is 0.484 e. The van der Waals surface area contributed by atoms with E-state index in [1.807, 2.05) is 56.3 Å². The molecule has 0 aliphatic carbocycles. The summed E-state index contributed by atoms with van der Waals surface area (Å²) in [6, 6.07) is 13.6. The summed E-state index contributed by atoms with van der Waals surface area (Å²) < 4.78 is 7.32. The van der Waals surface area contributed by atoms with E-state index in [4.69, 9.17) is 4.74 Å². The highest BCUT2D eigenvalue weighted by atomic mass is 32.2. The van der Waals surface area contributed by atoms with Crippen molar-refractivity contribution in [3.63, 3.8) is 0 Å². The van der Waals surface area contributed by atoms with Crippen molar-refractivity contribution < 1.29 is 14.3 Å². The molecule has 3 rings (SSSR count). The number of carbonyl (C=O) groups is 2. The van der Waals surface area contributed by atoms with Crippen molar-refractivity contribution in [3.8, 4) is 5.75 Å². The molecule has 2 N–H and O–H groups in total. The monoisotopic (exact) mass is 481 g/mol. The average Bonchev–Trinajstić information content (AvgIpc) is 3.17. The molecule has 0 fully saturated rings. The lowest BCUT2D eigenvalue weighted by Crippen LogP contribution is -2.29. The number of rotatable bonds is 10. The highest BCUT2D eigenvalue weighted by Gasteiger charge is 2.14. The third-order valence-electron chi connectivity index (χ3n) is 5.36. The van der Waals surface area contributed by atoms with E-state index in [2.05, 4.69) is 34.7 Å². The number of para-hydroxylation sites is 1. The zero-order valence-electron chi connectivity index (χ0n) is 20.2. The quantitative estimate of drug-likeness (QED) is 0.425. The van der Waals surface area contributed by atoms with Crippen molar-refractivity contribution in [2.24, 2.45) is 7.05 Å². The Morgan fingerprint density at radius 3 is 2.35 bits per heavy atom. The van der Waals surface area contributed by atoms with Crippen molar-refractivity contribution in [1.82, 2.24) is 20.1 Å². The molecule has 2 amide bonds. The van der Waals surface area contributed by atoms with Crippen LogP contribution in [-0.4, -0.2) is 38.9 Å². The van der Waals surface area contributed by atoms with Gasteiger partial charge < -0.3 is 19.9 Å². The number of carbonyl (C=O) groups excluding carboxylic acids is 2. The van der Waals surface area contributed by atoms with E-state index in [1.165, 1.54) is 17.3 Å². The molecule has 3 aromatic rings. The van der Waals surface area contributed by atoms with E-state index in [1.54, 1.807) is 11.6 Å². The Morgan fingerprint density at radius 2 is 1.71 bits per heavy atom. The van der Waals surface area contributed by atoms with Gasteiger partial charge in [0, 0.05) is 12.7 Å². The van der Waals surface area contributed by atoms with Gasteiger partial charge in [-0.1, -0.05) is 55.9 Å². The lowest BCUT2D eigenvalue weighted by molar-refractivity contribution is -0.123. The van der Waals surface area contributed by atoms with Crippen molar-refractivity contribution in [2.45, 2.75) is 45.3 Å². The third kappa shape index (κ3) is 6.84. The first-order chi connectivity index (χ1) is 16.2. The first-order valence-electron chi connectivity index (χ1n) is 11.1. The molecular weight excluding hydrogens is 450 g/mol. The van der Waals surface area contributed by atoms with Gasteiger partial charge in [0.2, 0.25) is 5.91 Å². The third-order valence-corrected chi connectivity index (χ3v) is 6.38. The van der Waals surface area contributed by atoms with Crippen LogP contribution in [0.1, 0.15) is 42.3 Å². The van der Waals surface area contributed by atoms with E-state index in [9.17, 15) is 9.59 Å². The molecule has 0 unspecified atom stereocenters. The molecule has 0 spiro atoms. The Bertz CT molecular complexity index is 1120. The molecule has 0 saturated heterocycles. The van der Waals surface area contributed by atoms with Crippen LogP contribution in [0.15, 0.2) is 47.6 Å². The molecule has 8 nitrogen and oxygen atoms in total. The topological polar surface area (TPSA) is 98.1 Å². The van der Waals surface area contributed by atoms with Crippen molar-refractivity contribution >= 4 is 29.3 Å². The van der Waals surface area contributed by atoms with E-state index in [-0.39, 0.29) is 30.7 Å². The minimum Gasteiger partial charge on any atom is -0.484 e. The first kappa shape index (κ1) is 25.3. The van der Waals surface area contributed by atoms with Crippen LogP contribution in [0.3, 0.4) is 0 Å². The highest BCUT2D eigenvalue weighted by Crippen LogP contribution is 2.21. The molecule has 2 aromatic carbocycles. The number of aromatic nitrogens is 3. The Hall–Kier alpha value is -3.33. The molecule has 0 aliphatic heterocycles. The van der Waals surface area contributed by atoms with Gasteiger partial charge in [0.15, 0.2) is 17.6 Å². The van der Waals surface area contributed by atoms with Crippen LogP contribution in [0.25, 0.3) is 0 Å². The molecule has 0 radical (unpaired) electrons. The second kappa shape index (κ2) is 11.7. The zero-order valence-corrected chi connectivity index (χ0v) is 21.0. The van der Waals surface area contributed by atoms with Gasteiger partial charge in [-0.25, -0.2) is 0 Å². The molecule has 34 heavy (non-hydrogen) atoms. The number of anilines is 1. The van der Waals surface area contributed by atoms with E-state index < -0.39 is 0 Å². The Labute approximate surface area is 204 Å². The van der Waals surface area contributed by atoms with Crippen molar-refractivity contribution in [1.29, 1.82) is 0 Å². The summed E-state index contributed by atoms with van der Waals surface area (Å²) in [5, 5.41) is 14.6. The Morgan fingerprint density at radius 1 is 1.03 bits per heavy atom. The number of nitrogens with zero attached hydrogens (tertiary/aromatic N) is 3. The number of nitrogens with one attached hydrogen (secondary N) is 2. The molecule has 0 atom stereocenters. The maximum absolute atomic E-state index is 12.4. The van der Waals surface area contributed by atoms with Gasteiger partial charge in [-0.15, -0.1) is 10.2 Å². The Kier molecular flexibility index (Phi) is 8.70. The van der Waals surface area contributed by atoms with Crippen LogP contribution < -0.4 is 15.4 Å². The standard InChI is InChI=1S/C25H31N5O3S/c1-16(2)19-9-11-20(12-10-19)33-14-22(31)26-13-21-28-29-25(30(21)5)34-15-23(32)27-24-17(3)7-6-8-18(24)4/h6-12,16H,13-15H2,1-5H3,(H,26,31)(H,27,32). The molecule has 1 aromatic heterocycles. The van der Waals surface area contributed by atoms with Crippen molar-refractivity contribution in [2.75, 3.05) is 17.7 Å². The molecule has 0 bridgehead atoms. The van der Waals surface area contributed by atoms with Crippen LogP contribution in [0.5, 0.6) is 5.75 Å². The summed E-state index contributed by atoms with van der Waals surface area (Å²) in [4.78, 5) is 24.6. The van der Waals surface area contributed by atoms with E-state index >= 15 is 0 Å². The zero-order chi connectivity index (χ0) is 24.7. The molecule has 0 saturated carbocycles. The fraction of sp³-hybridized carbons (Fsp3) is 0.360. The second-order valence-electron chi connectivity index (χ2n) is 8.35. The van der Waals surface area contributed by atoms with Crippen molar-refractivity contribution in [3.05, 3.63) is 65.0 Å². The van der Waals surface area contributed by atoms with Crippen LogP contribution in [0.2, 0.25) is 0 Å². The summed E-state index contributed by atoms with van der Waals surface area (Å²) in [5.41, 5.74) is 4.10.